The molecule has 2 atom stereocenters. The number of aliphatic hydroxyl groups excluding tert-OH is 1. The van der Waals surface area contributed by atoms with E-state index in [0.717, 1.165) is 48.2 Å². The minimum Gasteiger partial charge on any atom is -0.392 e. The summed E-state index contributed by atoms with van der Waals surface area (Å²) in [5.74, 6) is -0.838. The molecule has 0 bridgehead atoms. The molecule has 3 amide bonds. The van der Waals surface area contributed by atoms with Crippen LogP contribution in [0.2, 0.25) is 0 Å². The minimum absolute atomic E-state index is 0.159. The molecule has 0 radical (unpaired) electrons. The Kier molecular flexibility index (Phi) is 7.41. The van der Waals surface area contributed by atoms with Crippen LogP contribution in [0.25, 0.3) is 0 Å². The average molecular weight is 555 g/mol. The van der Waals surface area contributed by atoms with Crippen LogP contribution in [0.1, 0.15) is 40.7 Å². The van der Waals surface area contributed by atoms with Crippen molar-refractivity contribution in [3.63, 3.8) is 0 Å². The number of fused-ring (bicyclic) bond motifs is 1. The van der Waals surface area contributed by atoms with Gasteiger partial charge in [0, 0.05) is 61.4 Å². The third kappa shape index (κ3) is 5.48. The van der Waals surface area contributed by atoms with E-state index in [-0.39, 0.29) is 18.2 Å². The number of aliphatic hydroxyl groups is 1. The molecule has 2 saturated heterocycles. The van der Waals surface area contributed by atoms with Crippen molar-refractivity contribution in [2.45, 2.75) is 44.4 Å². The Labute approximate surface area is 219 Å². The van der Waals surface area contributed by atoms with Crippen LogP contribution < -0.4 is 10.2 Å². The molecule has 1 unspecified atom stereocenters. The molecule has 8 nitrogen and oxygen atoms in total. The number of amides is 3. The number of piperidine rings is 1. The number of aryl methyl sites for hydroxylation is 1. The summed E-state index contributed by atoms with van der Waals surface area (Å²) in [6.07, 6.45) is 1.56. The Morgan fingerprint density at radius 1 is 1.03 bits per heavy atom. The van der Waals surface area contributed by atoms with Gasteiger partial charge in [0.15, 0.2) is 0 Å². The Hall–Kier alpha value is -2.75. The van der Waals surface area contributed by atoms with Crippen molar-refractivity contribution in [2.24, 2.45) is 0 Å². The lowest BCUT2D eigenvalue weighted by atomic mass is 10.0. The molecular weight excluding hydrogens is 524 g/mol. The van der Waals surface area contributed by atoms with E-state index in [1.807, 2.05) is 18.2 Å². The van der Waals surface area contributed by atoms with E-state index in [0.29, 0.717) is 31.5 Å². The number of carbonyl (C=O) groups excluding carboxylic acids is 3. The first-order valence-electron chi connectivity index (χ1n) is 12.5. The number of benzene rings is 2. The van der Waals surface area contributed by atoms with Crippen molar-refractivity contribution < 1.29 is 19.5 Å². The van der Waals surface area contributed by atoms with E-state index < -0.39 is 18.1 Å². The third-order valence-corrected chi connectivity index (χ3v) is 7.92. The zero-order chi connectivity index (χ0) is 25.2. The van der Waals surface area contributed by atoms with Crippen molar-refractivity contribution in [1.82, 2.24) is 15.1 Å². The van der Waals surface area contributed by atoms with E-state index in [1.165, 1.54) is 5.69 Å². The summed E-state index contributed by atoms with van der Waals surface area (Å²) < 4.78 is 1.08. The molecule has 2 aromatic carbocycles. The number of imide groups is 1. The van der Waals surface area contributed by atoms with E-state index in [9.17, 15) is 19.5 Å². The van der Waals surface area contributed by atoms with Gasteiger partial charge in [0.1, 0.15) is 6.04 Å². The molecule has 3 aliphatic rings. The zero-order valence-electron chi connectivity index (χ0n) is 20.2. The number of β-amino-alcohol motifs (C(OH)–C–C–N with tert-alkyl or cyclic N) is 1. The molecule has 0 aromatic heterocycles. The van der Waals surface area contributed by atoms with Crippen LogP contribution in [0.4, 0.5) is 5.69 Å². The van der Waals surface area contributed by atoms with E-state index in [2.05, 4.69) is 55.3 Å². The fourth-order valence-electron chi connectivity index (χ4n) is 5.35. The summed E-state index contributed by atoms with van der Waals surface area (Å²) >= 11 is 3.48. The maximum Gasteiger partial charge on any atom is 0.255 e. The summed E-state index contributed by atoms with van der Waals surface area (Å²) in [6, 6.07) is 13.6. The second-order valence-corrected chi connectivity index (χ2v) is 10.8. The van der Waals surface area contributed by atoms with Crippen LogP contribution in [-0.2, 0) is 22.6 Å². The highest BCUT2D eigenvalue weighted by molar-refractivity contribution is 9.10. The van der Waals surface area contributed by atoms with Gasteiger partial charge in [-0.3, -0.25) is 24.6 Å². The largest absolute Gasteiger partial charge is 0.392 e. The van der Waals surface area contributed by atoms with E-state index in [1.54, 1.807) is 4.90 Å². The molecule has 36 heavy (non-hydrogen) atoms. The number of rotatable bonds is 7. The standard InChI is InChI=1S/C27H31BrN4O4/c28-20-3-5-21(6-4-20)31-13-11-30(12-14-31)17-22(33)7-1-18-2-8-23-19(15-18)16-32(27(23)36)24-9-10-25(34)29-26(24)35/h2-6,8,15,22,24,33H,1,7,9-14,16-17H2,(H,29,34,35)/t22-,24?/m0/s1. The van der Waals surface area contributed by atoms with Gasteiger partial charge in [-0.2, -0.15) is 0 Å². The fourth-order valence-corrected chi connectivity index (χ4v) is 5.61. The molecule has 190 valence electrons. The van der Waals surface area contributed by atoms with Crippen LogP contribution in [-0.4, -0.2) is 77.5 Å². The fraction of sp³-hybridized carbons (Fsp3) is 0.444. The van der Waals surface area contributed by atoms with Crippen LogP contribution >= 0.6 is 15.9 Å². The summed E-state index contributed by atoms with van der Waals surface area (Å²) in [4.78, 5) is 42.8. The topological polar surface area (TPSA) is 93.2 Å². The van der Waals surface area contributed by atoms with Gasteiger partial charge in [0.2, 0.25) is 11.8 Å². The van der Waals surface area contributed by atoms with Gasteiger partial charge in [-0.05, 0) is 60.7 Å². The van der Waals surface area contributed by atoms with Crippen molar-refractivity contribution in [3.05, 3.63) is 63.6 Å². The van der Waals surface area contributed by atoms with Gasteiger partial charge in [-0.25, -0.2) is 0 Å². The second-order valence-electron chi connectivity index (χ2n) is 9.85. The maximum absolute atomic E-state index is 12.9. The van der Waals surface area contributed by atoms with Gasteiger partial charge in [0.05, 0.1) is 6.10 Å². The first-order chi connectivity index (χ1) is 17.4. The Balaban J connectivity index is 1.10. The average Bonchev–Trinajstić information content (AvgIpc) is 3.19. The summed E-state index contributed by atoms with van der Waals surface area (Å²) in [5.41, 5.74) is 3.82. The zero-order valence-corrected chi connectivity index (χ0v) is 21.7. The summed E-state index contributed by atoms with van der Waals surface area (Å²) in [6.45, 7) is 4.75. The van der Waals surface area contributed by atoms with Crippen molar-refractivity contribution in [3.8, 4) is 0 Å². The lowest BCUT2D eigenvalue weighted by Gasteiger charge is -2.37. The molecule has 5 rings (SSSR count). The second kappa shape index (κ2) is 10.7. The first kappa shape index (κ1) is 24.9. The van der Waals surface area contributed by atoms with Crippen LogP contribution in [0.5, 0.6) is 0 Å². The maximum atomic E-state index is 12.9. The Morgan fingerprint density at radius 2 is 1.78 bits per heavy atom. The number of anilines is 1. The molecule has 9 heteroatoms. The molecule has 2 fully saturated rings. The van der Waals surface area contributed by atoms with E-state index in [4.69, 9.17) is 0 Å². The Morgan fingerprint density at radius 3 is 2.50 bits per heavy atom. The Bertz CT molecular complexity index is 1150. The van der Waals surface area contributed by atoms with Gasteiger partial charge in [0.25, 0.3) is 5.91 Å². The molecule has 3 aliphatic heterocycles. The van der Waals surface area contributed by atoms with Gasteiger partial charge in [-0.1, -0.05) is 28.1 Å². The van der Waals surface area contributed by atoms with Crippen molar-refractivity contribution in [1.29, 1.82) is 0 Å². The summed E-state index contributed by atoms with van der Waals surface area (Å²) in [7, 11) is 0. The highest BCUT2D eigenvalue weighted by Gasteiger charge is 2.39. The number of carbonyl (C=O) groups is 3. The smallest absolute Gasteiger partial charge is 0.255 e. The lowest BCUT2D eigenvalue weighted by Crippen LogP contribution is -2.52. The normalized spacial score (nSPS) is 21.5. The first-order valence-corrected chi connectivity index (χ1v) is 13.3. The monoisotopic (exact) mass is 554 g/mol. The summed E-state index contributed by atoms with van der Waals surface area (Å²) in [5, 5.41) is 13.0. The number of piperazine rings is 1. The quantitative estimate of drug-likeness (QED) is 0.510. The SMILES string of the molecule is O=C1CCC(N2Cc3cc(CC[C@H](O)CN4CCN(c5ccc(Br)cc5)CC4)ccc3C2=O)C(=O)N1. The number of hydrogen-bond donors (Lipinski definition) is 2. The van der Waals surface area contributed by atoms with Gasteiger partial charge < -0.3 is 14.9 Å². The van der Waals surface area contributed by atoms with Crippen LogP contribution in [0, 0.1) is 0 Å². The predicted octanol–water partition coefficient (Wildman–Crippen LogP) is 2.33. The highest BCUT2D eigenvalue weighted by atomic mass is 79.9. The van der Waals surface area contributed by atoms with Gasteiger partial charge in [-0.15, -0.1) is 0 Å². The molecule has 2 aromatic rings. The third-order valence-electron chi connectivity index (χ3n) is 7.39. The van der Waals surface area contributed by atoms with Crippen LogP contribution in [0.3, 0.4) is 0 Å². The lowest BCUT2D eigenvalue weighted by molar-refractivity contribution is -0.136. The van der Waals surface area contributed by atoms with E-state index >= 15 is 0 Å². The number of halogens is 1. The highest BCUT2D eigenvalue weighted by Crippen LogP contribution is 2.28. The molecule has 0 aliphatic carbocycles. The molecular formula is C27H31BrN4O4. The van der Waals surface area contributed by atoms with Crippen molar-refractivity contribution >= 4 is 39.3 Å². The van der Waals surface area contributed by atoms with Gasteiger partial charge >= 0.3 is 0 Å². The molecule has 0 spiro atoms. The molecule has 0 saturated carbocycles. The minimum atomic E-state index is -0.600. The molecule has 3 heterocycles. The number of hydrogen-bond acceptors (Lipinski definition) is 6. The van der Waals surface area contributed by atoms with Crippen molar-refractivity contribution in [2.75, 3.05) is 37.6 Å². The number of nitrogens with one attached hydrogen (secondary N) is 1. The van der Waals surface area contributed by atoms with Crippen LogP contribution in [0.15, 0.2) is 46.9 Å². The predicted molar refractivity (Wildman–Crippen MR) is 140 cm³/mol. The number of nitrogens with zero attached hydrogens (tertiary/aromatic N) is 3. The molecule has 2 N–H and O–H groups in total.